The quantitative estimate of drug-likeness (QED) is 0.883. The number of aliphatic hydroxyl groups excluding tert-OH is 1. The molecule has 0 bridgehead atoms. The minimum atomic E-state index is -0.150. The van der Waals surface area contributed by atoms with Gasteiger partial charge in [-0.15, -0.1) is 11.3 Å². The number of benzene rings is 1. The van der Waals surface area contributed by atoms with Crippen molar-refractivity contribution < 1.29 is 14.6 Å². The first-order valence-electron chi connectivity index (χ1n) is 7.79. The molecule has 1 aromatic carbocycles. The molecule has 0 radical (unpaired) electrons. The van der Waals surface area contributed by atoms with Gasteiger partial charge in [0.25, 0.3) is 5.91 Å². The van der Waals surface area contributed by atoms with Crippen molar-refractivity contribution in [3.63, 3.8) is 0 Å². The van der Waals surface area contributed by atoms with Crippen molar-refractivity contribution in [3.05, 3.63) is 52.0 Å². The third-order valence-electron chi connectivity index (χ3n) is 3.82. The lowest BCUT2D eigenvalue weighted by Crippen LogP contribution is -2.33. The van der Waals surface area contributed by atoms with Crippen LogP contribution in [0.25, 0.3) is 0 Å². The summed E-state index contributed by atoms with van der Waals surface area (Å²) in [4.78, 5) is 18.8. The largest absolute Gasteiger partial charge is 0.395 e. The normalized spacial score (nSPS) is 17.3. The Labute approximate surface area is 139 Å². The highest BCUT2D eigenvalue weighted by Gasteiger charge is 2.24. The third-order valence-corrected chi connectivity index (χ3v) is 4.76. The molecule has 2 aromatic rings. The van der Waals surface area contributed by atoms with Crippen LogP contribution in [0.2, 0.25) is 0 Å². The van der Waals surface area contributed by atoms with Crippen molar-refractivity contribution in [1.29, 1.82) is 0 Å². The molecule has 0 spiro atoms. The molecule has 0 saturated carbocycles. The summed E-state index contributed by atoms with van der Waals surface area (Å²) in [6.45, 7) is 1.45. The number of hydrogen-bond donors (Lipinski definition) is 1. The van der Waals surface area contributed by atoms with Gasteiger partial charge in [0.05, 0.1) is 6.61 Å². The molecule has 1 aromatic heterocycles. The summed E-state index contributed by atoms with van der Waals surface area (Å²) >= 11 is 1.47. The topological polar surface area (TPSA) is 62.7 Å². The van der Waals surface area contributed by atoms with Gasteiger partial charge in [-0.1, -0.05) is 30.3 Å². The van der Waals surface area contributed by atoms with Crippen molar-refractivity contribution in [1.82, 2.24) is 9.88 Å². The highest BCUT2D eigenvalue weighted by molar-refractivity contribution is 7.09. The van der Waals surface area contributed by atoms with Gasteiger partial charge >= 0.3 is 0 Å². The number of hydrogen-bond acceptors (Lipinski definition) is 5. The highest BCUT2D eigenvalue weighted by Crippen LogP contribution is 2.30. The third kappa shape index (κ3) is 3.96. The lowest BCUT2D eigenvalue weighted by atomic mass is 10.2. The molecule has 1 fully saturated rings. The van der Waals surface area contributed by atoms with E-state index in [4.69, 9.17) is 4.74 Å². The van der Waals surface area contributed by atoms with Crippen LogP contribution in [0.15, 0.2) is 35.7 Å². The Hall–Kier alpha value is -1.76. The summed E-state index contributed by atoms with van der Waals surface area (Å²) in [6, 6.07) is 9.76. The van der Waals surface area contributed by atoms with Gasteiger partial charge in [-0.3, -0.25) is 4.79 Å². The zero-order chi connectivity index (χ0) is 16.1. The fourth-order valence-corrected chi connectivity index (χ4v) is 3.52. The number of carbonyl (C=O) groups excluding carboxylic acids is 1. The van der Waals surface area contributed by atoms with Gasteiger partial charge in [0.2, 0.25) is 0 Å². The molecule has 6 heteroatoms. The van der Waals surface area contributed by atoms with E-state index in [0.717, 1.165) is 30.0 Å². The maximum absolute atomic E-state index is 12.7. The second-order valence-electron chi connectivity index (χ2n) is 5.51. The molecule has 1 aliphatic rings. The highest BCUT2D eigenvalue weighted by atomic mass is 32.1. The minimum Gasteiger partial charge on any atom is -0.395 e. The summed E-state index contributed by atoms with van der Waals surface area (Å²) in [5.74, 6) is -0.150. The Morgan fingerprint density at radius 1 is 1.39 bits per heavy atom. The lowest BCUT2D eigenvalue weighted by molar-refractivity contribution is 0.0701. The number of rotatable bonds is 6. The molecule has 122 valence electrons. The van der Waals surface area contributed by atoms with Crippen LogP contribution in [-0.2, 0) is 11.3 Å². The van der Waals surface area contributed by atoms with Gasteiger partial charge in [-0.05, 0) is 18.4 Å². The van der Waals surface area contributed by atoms with E-state index in [9.17, 15) is 9.90 Å². The summed E-state index contributed by atoms with van der Waals surface area (Å²) in [5, 5.41) is 11.9. The molecule has 1 N–H and O–H groups in total. The molecular weight excluding hydrogens is 312 g/mol. The summed E-state index contributed by atoms with van der Waals surface area (Å²) in [6.07, 6.45) is 2.03. The van der Waals surface area contributed by atoms with E-state index in [1.54, 1.807) is 10.3 Å². The van der Waals surface area contributed by atoms with Gasteiger partial charge in [0.15, 0.2) is 0 Å². The van der Waals surface area contributed by atoms with Crippen LogP contribution in [0.5, 0.6) is 0 Å². The van der Waals surface area contributed by atoms with E-state index in [2.05, 4.69) is 4.98 Å². The molecular formula is C17H20N2O3S. The number of thiazole rings is 1. The maximum atomic E-state index is 12.7. The van der Waals surface area contributed by atoms with E-state index in [1.165, 1.54) is 11.3 Å². The van der Waals surface area contributed by atoms with Crippen LogP contribution in [0, 0.1) is 0 Å². The first-order chi connectivity index (χ1) is 11.3. The number of amides is 1. The average Bonchev–Trinajstić information content (AvgIpc) is 3.26. The van der Waals surface area contributed by atoms with E-state index >= 15 is 0 Å². The van der Waals surface area contributed by atoms with E-state index in [-0.39, 0.29) is 18.6 Å². The van der Waals surface area contributed by atoms with Gasteiger partial charge in [0.1, 0.15) is 16.8 Å². The van der Waals surface area contributed by atoms with Crippen molar-refractivity contribution in [2.24, 2.45) is 0 Å². The number of aliphatic hydroxyl groups is 1. The lowest BCUT2D eigenvalue weighted by Gasteiger charge is -2.21. The van der Waals surface area contributed by atoms with E-state index in [1.807, 2.05) is 30.3 Å². The molecule has 23 heavy (non-hydrogen) atoms. The zero-order valence-corrected chi connectivity index (χ0v) is 13.7. The van der Waals surface area contributed by atoms with Crippen molar-refractivity contribution in [2.75, 3.05) is 19.8 Å². The van der Waals surface area contributed by atoms with Crippen molar-refractivity contribution in [3.8, 4) is 0 Å². The molecule has 1 amide bonds. The number of ether oxygens (including phenoxy) is 1. The smallest absolute Gasteiger partial charge is 0.273 e. The molecule has 5 nitrogen and oxygen atoms in total. The minimum absolute atomic E-state index is 0.0296. The summed E-state index contributed by atoms with van der Waals surface area (Å²) in [5.41, 5.74) is 1.47. The standard InChI is InChI=1S/C17H20N2O3S/c20-9-8-19(11-13-5-2-1-3-6-13)17(21)14-12-23-16(18-14)15-7-4-10-22-15/h1-3,5-6,12,15,20H,4,7-11H2. The monoisotopic (exact) mass is 332 g/mol. The van der Waals surface area contributed by atoms with E-state index < -0.39 is 0 Å². The first-order valence-corrected chi connectivity index (χ1v) is 8.67. The predicted octanol–water partition coefficient (Wildman–Crippen LogP) is 2.63. The number of carbonyl (C=O) groups is 1. The first kappa shape index (κ1) is 16.1. The van der Waals surface area contributed by atoms with Crippen molar-refractivity contribution in [2.45, 2.75) is 25.5 Å². The van der Waals surface area contributed by atoms with E-state index in [0.29, 0.717) is 18.8 Å². The fraction of sp³-hybridized carbons (Fsp3) is 0.412. The molecule has 1 atom stereocenters. The molecule has 2 heterocycles. The Bertz CT molecular complexity index is 638. The Morgan fingerprint density at radius 3 is 2.91 bits per heavy atom. The fourth-order valence-electron chi connectivity index (χ4n) is 2.65. The van der Waals surface area contributed by atoms with Gasteiger partial charge < -0.3 is 14.7 Å². The second kappa shape index (κ2) is 7.68. The van der Waals surface area contributed by atoms with Crippen LogP contribution in [-0.4, -0.2) is 40.7 Å². The summed E-state index contributed by atoms with van der Waals surface area (Å²) < 4.78 is 5.62. The molecule has 0 aliphatic carbocycles. The Morgan fingerprint density at radius 2 is 2.22 bits per heavy atom. The summed E-state index contributed by atoms with van der Waals surface area (Å²) in [7, 11) is 0. The molecule has 1 unspecified atom stereocenters. The SMILES string of the molecule is O=C(c1csc(C2CCCO2)n1)N(CCO)Cc1ccccc1. The van der Waals surface area contributed by atoms with Crippen LogP contribution in [0.1, 0.15) is 40.0 Å². The molecule has 3 rings (SSSR count). The second-order valence-corrected chi connectivity index (χ2v) is 6.40. The van der Waals surface area contributed by atoms with Crippen LogP contribution in [0.3, 0.4) is 0 Å². The zero-order valence-electron chi connectivity index (χ0n) is 12.9. The average molecular weight is 332 g/mol. The van der Waals surface area contributed by atoms with Gasteiger partial charge in [-0.25, -0.2) is 4.98 Å². The Kier molecular flexibility index (Phi) is 5.38. The Balaban J connectivity index is 1.72. The van der Waals surface area contributed by atoms with Gasteiger partial charge in [0, 0.05) is 25.1 Å². The number of nitrogens with zero attached hydrogens (tertiary/aromatic N) is 2. The van der Waals surface area contributed by atoms with Crippen LogP contribution in [0.4, 0.5) is 0 Å². The van der Waals surface area contributed by atoms with Crippen LogP contribution < -0.4 is 0 Å². The van der Waals surface area contributed by atoms with Crippen molar-refractivity contribution >= 4 is 17.2 Å². The number of aromatic nitrogens is 1. The van der Waals surface area contributed by atoms with Crippen LogP contribution >= 0.6 is 11.3 Å². The predicted molar refractivity (Wildman–Crippen MR) is 88.3 cm³/mol. The van der Waals surface area contributed by atoms with Gasteiger partial charge in [-0.2, -0.15) is 0 Å². The molecule has 1 aliphatic heterocycles. The molecule has 1 saturated heterocycles. The maximum Gasteiger partial charge on any atom is 0.273 e.